The molecule has 1 amide bonds. The van der Waals surface area contributed by atoms with Crippen LogP contribution in [0, 0.1) is 0 Å². The van der Waals surface area contributed by atoms with Gasteiger partial charge in [0.2, 0.25) is 5.91 Å². The van der Waals surface area contributed by atoms with Gasteiger partial charge in [0.1, 0.15) is 13.2 Å². The molecule has 0 radical (unpaired) electrons. The zero-order valence-electron chi connectivity index (χ0n) is 48.8. The maximum atomic E-state index is 13.0. The molecule has 0 bridgehead atoms. The number of hydrogen-bond donors (Lipinski definition) is 2. The lowest BCUT2D eigenvalue weighted by atomic mass is 10.0. The summed E-state index contributed by atoms with van der Waals surface area (Å²) in [5, 5.41) is 14.0. The maximum Gasteiger partial charge on any atom is 0.268 e. The molecule has 0 rings (SSSR count). The summed E-state index contributed by atoms with van der Waals surface area (Å²) in [7, 11) is 1.29. The minimum atomic E-state index is -4.58. The number of amides is 1. The molecule has 0 saturated heterocycles. The summed E-state index contributed by atoms with van der Waals surface area (Å²) in [5.74, 6) is -0.175. The van der Waals surface area contributed by atoms with Crippen molar-refractivity contribution >= 4 is 13.7 Å². The molecule has 0 saturated carbocycles. The molecule has 428 valence electrons. The van der Waals surface area contributed by atoms with Crippen molar-refractivity contribution in [1.29, 1.82) is 0 Å². The highest BCUT2D eigenvalue weighted by Crippen LogP contribution is 2.38. The zero-order valence-corrected chi connectivity index (χ0v) is 49.7. The number of allylic oxidation sites excluding steroid dienone is 16. The van der Waals surface area contributed by atoms with E-state index in [4.69, 9.17) is 9.05 Å². The first-order valence-corrected chi connectivity index (χ1v) is 32.0. The second-order valence-electron chi connectivity index (χ2n) is 21.7. The highest BCUT2D eigenvalue weighted by Gasteiger charge is 2.24. The topological polar surface area (TPSA) is 108 Å². The molecule has 3 unspecified atom stereocenters. The Kier molecular flexibility index (Phi) is 53.3. The van der Waals surface area contributed by atoms with E-state index >= 15 is 0 Å². The van der Waals surface area contributed by atoms with Crippen LogP contribution in [0.15, 0.2) is 97.2 Å². The molecule has 0 aromatic rings. The Hall–Kier alpha value is -2.58. The fraction of sp³-hybridized carbons (Fsp3) is 0.738. The molecule has 0 aliphatic rings. The average molecular weight is 1050 g/mol. The predicted octanol–water partition coefficient (Wildman–Crippen LogP) is 18.4. The van der Waals surface area contributed by atoms with Gasteiger partial charge in [0.15, 0.2) is 0 Å². The Morgan fingerprint density at radius 3 is 1.20 bits per heavy atom. The Morgan fingerprint density at radius 1 is 0.486 bits per heavy atom. The second kappa shape index (κ2) is 55.2. The predicted molar refractivity (Wildman–Crippen MR) is 320 cm³/mol. The van der Waals surface area contributed by atoms with Crippen LogP contribution in [0.2, 0.25) is 0 Å². The Bertz CT molecular complexity index is 1520. The number of unbranched alkanes of at least 4 members (excludes halogenated alkanes) is 26. The van der Waals surface area contributed by atoms with Crippen molar-refractivity contribution in [3.8, 4) is 0 Å². The number of rotatable bonds is 55. The zero-order chi connectivity index (χ0) is 54.2. The van der Waals surface area contributed by atoms with E-state index in [2.05, 4.69) is 116 Å². The third-order valence-electron chi connectivity index (χ3n) is 13.3. The van der Waals surface area contributed by atoms with Crippen LogP contribution < -0.4 is 10.2 Å². The molecule has 0 aliphatic heterocycles. The van der Waals surface area contributed by atoms with E-state index in [1.807, 2.05) is 21.1 Å². The molecule has 0 aliphatic carbocycles. The van der Waals surface area contributed by atoms with Gasteiger partial charge in [-0.25, -0.2) is 0 Å². The molecule has 3 atom stereocenters. The minimum absolute atomic E-state index is 0.00625. The Labute approximate surface area is 458 Å². The molecule has 0 aromatic heterocycles. The second-order valence-corrected chi connectivity index (χ2v) is 23.1. The van der Waals surface area contributed by atoms with Gasteiger partial charge >= 0.3 is 0 Å². The molecule has 2 N–H and O–H groups in total. The Balaban J connectivity index is 4.17. The van der Waals surface area contributed by atoms with Crippen LogP contribution in [0.3, 0.4) is 0 Å². The van der Waals surface area contributed by atoms with E-state index in [1.54, 1.807) is 0 Å². The standard InChI is InChI=1S/C65H117N2O6P/c1-6-8-10-12-14-16-18-20-22-24-26-27-28-29-30-31-32-33-34-35-36-37-38-39-41-43-45-47-49-51-53-55-57-59-65(69)66-63(62-73-74(70,71)72-61-60-67(3,4)5)64(68)58-56-54-52-50-48-46-44-42-40-25-23-21-19-17-15-13-11-9-7-2/h8,10,14,16,20,22,26-27,29-30,32-33,35-36,38-39,63-64,68H,6-7,9,11-13,15,17-19,21,23-25,28,31,34,37,40-62H2,1-5H3,(H-,66,69,70,71)/b10-8-,16-14-,22-20-,27-26-,30-29-,33-32-,36-35-,39-38-. The summed E-state index contributed by atoms with van der Waals surface area (Å²) in [6, 6.07) is -0.812. The lowest BCUT2D eigenvalue weighted by Crippen LogP contribution is -2.46. The van der Waals surface area contributed by atoms with Gasteiger partial charge in [0.05, 0.1) is 39.9 Å². The molecule has 0 aromatic carbocycles. The van der Waals surface area contributed by atoms with Crippen molar-refractivity contribution in [2.75, 3.05) is 40.9 Å². The van der Waals surface area contributed by atoms with E-state index in [9.17, 15) is 19.4 Å². The third kappa shape index (κ3) is 57.1. The number of aliphatic hydroxyl groups excluding tert-OH is 1. The molecule has 8 nitrogen and oxygen atoms in total. The number of carbonyl (C=O) groups excluding carboxylic acids is 1. The van der Waals surface area contributed by atoms with Crippen molar-refractivity contribution in [3.05, 3.63) is 97.2 Å². The van der Waals surface area contributed by atoms with Crippen LogP contribution in [0.4, 0.5) is 0 Å². The van der Waals surface area contributed by atoms with E-state index in [0.29, 0.717) is 23.9 Å². The van der Waals surface area contributed by atoms with Gasteiger partial charge in [0.25, 0.3) is 7.82 Å². The lowest BCUT2D eigenvalue weighted by molar-refractivity contribution is -0.870. The summed E-state index contributed by atoms with van der Waals surface area (Å²) < 4.78 is 23.4. The summed E-state index contributed by atoms with van der Waals surface area (Å²) in [6.07, 6.45) is 78.7. The molecule has 0 fully saturated rings. The summed E-state index contributed by atoms with van der Waals surface area (Å²) >= 11 is 0. The summed E-state index contributed by atoms with van der Waals surface area (Å²) in [6.45, 7) is 4.61. The van der Waals surface area contributed by atoms with Crippen molar-refractivity contribution in [1.82, 2.24) is 5.32 Å². The van der Waals surface area contributed by atoms with Crippen LogP contribution >= 0.6 is 7.82 Å². The van der Waals surface area contributed by atoms with Gasteiger partial charge in [-0.3, -0.25) is 9.36 Å². The van der Waals surface area contributed by atoms with Crippen LogP contribution in [0.1, 0.15) is 258 Å². The number of aliphatic hydroxyl groups is 1. The monoisotopic (exact) mass is 1050 g/mol. The normalized spacial score (nSPS) is 14.5. The van der Waals surface area contributed by atoms with E-state index < -0.39 is 20.0 Å². The van der Waals surface area contributed by atoms with Crippen molar-refractivity contribution in [2.45, 2.75) is 270 Å². The van der Waals surface area contributed by atoms with Gasteiger partial charge in [-0.15, -0.1) is 0 Å². The van der Waals surface area contributed by atoms with Gasteiger partial charge in [-0.1, -0.05) is 272 Å². The first-order chi connectivity index (χ1) is 36.0. The van der Waals surface area contributed by atoms with Crippen LogP contribution in [0.5, 0.6) is 0 Å². The number of nitrogens with one attached hydrogen (secondary N) is 1. The van der Waals surface area contributed by atoms with Crippen LogP contribution in [-0.2, 0) is 18.4 Å². The van der Waals surface area contributed by atoms with Gasteiger partial charge in [-0.2, -0.15) is 0 Å². The van der Waals surface area contributed by atoms with Crippen molar-refractivity contribution in [2.24, 2.45) is 0 Å². The highest BCUT2D eigenvalue weighted by molar-refractivity contribution is 7.45. The lowest BCUT2D eigenvalue weighted by Gasteiger charge is -2.30. The molecule has 9 heteroatoms. The van der Waals surface area contributed by atoms with Gasteiger partial charge < -0.3 is 28.8 Å². The number of hydrogen-bond acceptors (Lipinski definition) is 6. The van der Waals surface area contributed by atoms with Gasteiger partial charge in [-0.05, 0) is 77.0 Å². The largest absolute Gasteiger partial charge is 0.756 e. The van der Waals surface area contributed by atoms with Crippen molar-refractivity contribution in [3.63, 3.8) is 0 Å². The summed E-state index contributed by atoms with van der Waals surface area (Å²) in [5.41, 5.74) is 0. The van der Waals surface area contributed by atoms with E-state index in [-0.39, 0.29) is 19.1 Å². The van der Waals surface area contributed by atoms with E-state index in [1.165, 1.54) is 135 Å². The Morgan fingerprint density at radius 2 is 0.824 bits per heavy atom. The van der Waals surface area contributed by atoms with Crippen LogP contribution in [-0.4, -0.2) is 68.5 Å². The maximum absolute atomic E-state index is 13.0. The number of likely N-dealkylation sites (N-methyl/N-ethyl adjacent to an activating group) is 1. The van der Waals surface area contributed by atoms with Gasteiger partial charge in [0, 0.05) is 6.42 Å². The SMILES string of the molecule is CC/C=C\C/C=C\C/C=C\C/C=C\C/C=C\C/C=C\C/C=C\C/C=C\CCCCCCCCCCC(=O)NC(COP(=O)([O-])OCC[N+](C)(C)C)C(O)CCCCCCCCCCCCCCCCCCCCC. The number of nitrogens with zero attached hydrogens (tertiary/aromatic N) is 1. The smallest absolute Gasteiger partial charge is 0.268 e. The number of carbonyl (C=O) groups is 1. The summed E-state index contributed by atoms with van der Waals surface area (Å²) in [4.78, 5) is 25.6. The van der Waals surface area contributed by atoms with E-state index in [0.717, 1.165) is 96.3 Å². The average Bonchev–Trinajstić information content (AvgIpc) is 3.36. The number of quaternary nitrogens is 1. The molecular weight excluding hydrogens is 936 g/mol. The number of phosphoric ester groups is 1. The first kappa shape index (κ1) is 71.4. The molecule has 0 heterocycles. The fourth-order valence-corrected chi connectivity index (χ4v) is 9.31. The number of phosphoric acid groups is 1. The first-order valence-electron chi connectivity index (χ1n) is 30.6. The highest BCUT2D eigenvalue weighted by atomic mass is 31.2. The minimum Gasteiger partial charge on any atom is -0.756 e. The van der Waals surface area contributed by atoms with Crippen LogP contribution in [0.25, 0.3) is 0 Å². The third-order valence-corrected chi connectivity index (χ3v) is 14.3. The molecule has 74 heavy (non-hydrogen) atoms. The fourth-order valence-electron chi connectivity index (χ4n) is 8.59. The molecular formula is C65H117N2O6P. The quantitative estimate of drug-likeness (QED) is 0.0272. The van der Waals surface area contributed by atoms with Crippen molar-refractivity contribution < 1.29 is 32.9 Å². The molecule has 0 spiro atoms.